The normalized spacial score (nSPS) is 11.8. The second-order valence-electron chi connectivity index (χ2n) is 6.22. The zero-order valence-electron chi connectivity index (χ0n) is 16.2. The molecular formula is C20H17ClF3N5OS. The van der Waals surface area contributed by atoms with Crippen LogP contribution in [0.25, 0.3) is 11.4 Å². The number of rotatable bonds is 7. The van der Waals surface area contributed by atoms with Crippen molar-refractivity contribution in [2.24, 2.45) is 5.10 Å². The van der Waals surface area contributed by atoms with Crippen LogP contribution in [0.3, 0.4) is 0 Å². The third-order valence-corrected chi connectivity index (χ3v) is 5.35. The highest BCUT2D eigenvalue weighted by atomic mass is 35.5. The van der Waals surface area contributed by atoms with E-state index < -0.39 is 17.6 Å². The molecule has 1 aromatic heterocycles. The van der Waals surface area contributed by atoms with Crippen molar-refractivity contribution in [2.75, 3.05) is 5.75 Å². The SMILES string of the molecule is CCn1c(SCC(=O)N/N=C/c2ccccc2C(F)(F)F)nnc1-c1ccc(Cl)cc1. The molecule has 6 nitrogen and oxygen atoms in total. The highest BCUT2D eigenvalue weighted by Gasteiger charge is 2.32. The van der Waals surface area contributed by atoms with E-state index in [1.54, 1.807) is 12.1 Å². The second-order valence-corrected chi connectivity index (χ2v) is 7.60. The first kappa shape index (κ1) is 22.8. The Balaban J connectivity index is 1.62. The molecule has 3 aromatic rings. The van der Waals surface area contributed by atoms with Crippen LogP contribution < -0.4 is 5.43 Å². The van der Waals surface area contributed by atoms with Crippen LogP contribution in [-0.2, 0) is 17.5 Å². The van der Waals surface area contributed by atoms with Gasteiger partial charge in [0, 0.05) is 22.7 Å². The third-order valence-electron chi connectivity index (χ3n) is 4.13. The molecular weight excluding hydrogens is 451 g/mol. The second kappa shape index (κ2) is 9.97. The molecule has 0 atom stereocenters. The molecule has 3 rings (SSSR count). The molecule has 0 radical (unpaired) electrons. The molecule has 0 fully saturated rings. The minimum atomic E-state index is -4.51. The Bertz CT molecular complexity index is 1080. The fourth-order valence-corrected chi connectivity index (χ4v) is 3.62. The molecule has 11 heteroatoms. The lowest BCUT2D eigenvalue weighted by Gasteiger charge is -2.09. The van der Waals surface area contributed by atoms with Crippen molar-refractivity contribution in [3.8, 4) is 11.4 Å². The van der Waals surface area contributed by atoms with Crippen molar-refractivity contribution in [3.05, 3.63) is 64.7 Å². The number of alkyl halides is 3. The van der Waals surface area contributed by atoms with Gasteiger partial charge in [-0.25, -0.2) is 5.43 Å². The topological polar surface area (TPSA) is 72.2 Å². The predicted octanol–water partition coefficient (Wildman–Crippen LogP) is 4.88. The van der Waals surface area contributed by atoms with Crippen LogP contribution in [0, 0.1) is 0 Å². The number of hydrazone groups is 1. The van der Waals surface area contributed by atoms with Gasteiger partial charge in [-0.15, -0.1) is 10.2 Å². The van der Waals surface area contributed by atoms with Crippen molar-refractivity contribution in [1.82, 2.24) is 20.2 Å². The van der Waals surface area contributed by atoms with Crippen molar-refractivity contribution < 1.29 is 18.0 Å². The standard InChI is InChI=1S/C20H17ClF3N5OS/c1-2-29-18(13-7-9-15(21)10-8-13)27-28-19(29)31-12-17(30)26-25-11-14-5-3-4-6-16(14)20(22,23)24/h3-11H,2,12H2,1H3,(H,26,30)/b25-11+. The van der Waals surface area contributed by atoms with E-state index in [2.05, 4.69) is 20.7 Å². The van der Waals surface area contributed by atoms with Crippen LogP contribution in [0.15, 0.2) is 58.8 Å². The zero-order valence-corrected chi connectivity index (χ0v) is 17.8. The van der Waals surface area contributed by atoms with Crippen LogP contribution in [0.4, 0.5) is 13.2 Å². The van der Waals surface area contributed by atoms with Gasteiger partial charge >= 0.3 is 6.18 Å². The number of benzene rings is 2. The molecule has 0 aliphatic carbocycles. The molecule has 1 N–H and O–H groups in total. The highest BCUT2D eigenvalue weighted by molar-refractivity contribution is 7.99. The first-order valence-corrected chi connectivity index (χ1v) is 10.5. The number of hydrogen-bond donors (Lipinski definition) is 1. The van der Waals surface area contributed by atoms with E-state index in [1.165, 1.54) is 18.2 Å². The number of hydrogen-bond acceptors (Lipinski definition) is 5. The molecule has 162 valence electrons. The molecule has 0 saturated carbocycles. The van der Waals surface area contributed by atoms with E-state index in [0.29, 0.717) is 22.5 Å². The largest absolute Gasteiger partial charge is 0.417 e. The number of nitrogens with one attached hydrogen (secondary N) is 1. The van der Waals surface area contributed by atoms with Crippen molar-refractivity contribution in [3.63, 3.8) is 0 Å². The van der Waals surface area contributed by atoms with Gasteiger partial charge < -0.3 is 4.57 Å². The van der Waals surface area contributed by atoms with Gasteiger partial charge in [0.15, 0.2) is 11.0 Å². The summed E-state index contributed by atoms with van der Waals surface area (Å²) in [6.45, 7) is 2.51. The van der Waals surface area contributed by atoms with E-state index in [0.717, 1.165) is 29.6 Å². The Morgan fingerprint density at radius 3 is 2.58 bits per heavy atom. The van der Waals surface area contributed by atoms with Crippen LogP contribution in [-0.4, -0.2) is 32.6 Å². The monoisotopic (exact) mass is 467 g/mol. The maximum atomic E-state index is 13.0. The van der Waals surface area contributed by atoms with Gasteiger partial charge in [0.2, 0.25) is 0 Å². The molecule has 2 aromatic carbocycles. The zero-order chi connectivity index (χ0) is 22.4. The molecule has 0 bridgehead atoms. The van der Waals surface area contributed by atoms with Gasteiger partial charge in [0.25, 0.3) is 5.91 Å². The predicted molar refractivity (Wildman–Crippen MR) is 114 cm³/mol. The summed E-state index contributed by atoms with van der Waals surface area (Å²) in [5, 5.41) is 13.1. The number of amides is 1. The molecule has 0 unspecified atom stereocenters. The molecule has 0 aliphatic heterocycles. The summed E-state index contributed by atoms with van der Waals surface area (Å²) in [5.74, 6) is 0.130. The van der Waals surface area contributed by atoms with E-state index >= 15 is 0 Å². The smallest absolute Gasteiger partial charge is 0.302 e. The van der Waals surface area contributed by atoms with E-state index in [9.17, 15) is 18.0 Å². The summed E-state index contributed by atoms with van der Waals surface area (Å²) in [7, 11) is 0. The first-order valence-electron chi connectivity index (χ1n) is 9.09. The van der Waals surface area contributed by atoms with E-state index in [4.69, 9.17) is 11.6 Å². The van der Waals surface area contributed by atoms with Gasteiger partial charge in [-0.3, -0.25) is 4.79 Å². The summed E-state index contributed by atoms with van der Waals surface area (Å²) in [6, 6.07) is 12.1. The van der Waals surface area contributed by atoms with Crippen LogP contribution in [0.5, 0.6) is 0 Å². The average molecular weight is 468 g/mol. The minimum absolute atomic E-state index is 0.0307. The molecule has 1 heterocycles. The lowest BCUT2D eigenvalue weighted by Crippen LogP contribution is -2.20. The van der Waals surface area contributed by atoms with Crippen LogP contribution in [0.2, 0.25) is 5.02 Å². The summed E-state index contributed by atoms with van der Waals surface area (Å²) in [4.78, 5) is 12.1. The molecule has 0 spiro atoms. The molecule has 1 amide bonds. The van der Waals surface area contributed by atoms with E-state index in [-0.39, 0.29) is 11.3 Å². The lowest BCUT2D eigenvalue weighted by atomic mass is 10.1. The molecule has 31 heavy (non-hydrogen) atoms. The maximum absolute atomic E-state index is 13.0. The van der Waals surface area contributed by atoms with E-state index in [1.807, 2.05) is 23.6 Å². The van der Waals surface area contributed by atoms with Crippen molar-refractivity contribution >= 4 is 35.5 Å². The number of nitrogens with zero attached hydrogens (tertiary/aromatic N) is 4. The summed E-state index contributed by atoms with van der Waals surface area (Å²) in [6.07, 6.45) is -3.53. The molecule has 0 aliphatic rings. The minimum Gasteiger partial charge on any atom is -0.302 e. The number of thioether (sulfide) groups is 1. The summed E-state index contributed by atoms with van der Waals surface area (Å²) in [5.41, 5.74) is 2.11. The van der Waals surface area contributed by atoms with Crippen LogP contribution >= 0.6 is 23.4 Å². The molecule has 0 saturated heterocycles. The van der Waals surface area contributed by atoms with Crippen molar-refractivity contribution in [2.45, 2.75) is 24.8 Å². The highest BCUT2D eigenvalue weighted by Crippen LogP contribution is 2.31. The quantitative estimate of drug-likeness (QED) is 0.305. The van der Waals surface area contributed by atoms with Gasteiger partial charge in [-0.1, -0.05) is 41.6 Å². The fraction of sp³-hybridized carbons (Fsp3) is 0.200. The van der Waals surface area contributed by atoms with Gasteiger partial charge in [-0.05, 0) is 37.3 Å². The van der Waals surface area contributed by atoms with Gasteiger partial charge in [0.1, 0.15) is 0 Å². The Morgan fingerprint density at radius 1 is 1.19 bits per heavy atom. The Kier molecular flexibility index (Phi) is 7.34. The number of carbonyl (C=O) groups is 1. The van der Waals surface area contributed by atoms with Gasteiger partial charge in [-0.2, -0.15) is 18.3 Å². The summed E-state index contributed by atoms with van der Waals surface area (Å²) < 4.78 is 40.8. The lowest BCUT2D eigenvalue weighted by molar-refractivity contribution is -0.137. The summed E-state index contributed by atoms with van der Waals surface area (Å²) >= 11 is 7.07. The average Bonchev–Trinajstić information content (AvgIpc) is 3.15. The Morgan fingerprint density at radius 2 is 1.90 bits per heavy atom. The Hall–Kier alpha value is -2.85. The maximum Gasteiger partial charge on any atom is 0.417 e. The number of aromatic nitrogens is 3. The van der Waals surface area contributed by atoms with Crippen LogP contribution in [0.1, 0.15) is 18.1 Å². The van der Waals surface area contributed by atoms with Crippen molar-refractivity contribution in [1.29, 1.82) is 0 Å². The van der Waals surface area contributed by atoms with Gasteiger partial charge in [0.05, 0.1) is 17.5 Å². The number of halogens is 4. The fourth-order valence-electron chi connectivity index (χ4n) is 2.70. The first-order chi connectivity index (χ1) is 14.8. The Labute approximate surface area is 185 Å². The third kappa shape index (κ3) is 5.86. The number of carbonyl (C=O) groups excluding carboxylic acids is 1.